The van der Waals surface area contributed by atoms with E-state index < -0.39 is 0 Å². The second-order valence-corrected chi connectivity index (χ2v) is 7.52. The molecule has 25 heavy (non-hydrogen) atoms. The van der Waals surface area contributed by atoms with Crippen molar-refractivity contribution in [2.75, 3.05) is 5.32 Å². The van der Waals surface area contributed by atoms with E-state index in [1.54, 1.807) is 35.6 Å². The Hall–Kier alpha value is -2.18. The van der Waals surface area contributed by atoms with E-state index in [0.717, 1.165) is 26.4 Å². The van der Waals surface area contributed by atoms with Gasteiger partial charge in [-0.25, -0.2) is 4.98 Å². The first-order valence-electron chi connectivity index (χ1n) is 7.72. The summed E-state index contributed by atoms with van der Waals surface area (Å²) in [5.41, 5.74) is 3.36. The van der Waals surface area contributed by atoms with Crippen LogP contribution in [0.2, 0.25) is 0 Å². The maximum Gasteiger partial charge on any atom is 0.255 e. The number of hydrogen-bond donors (Lipinski definition) is 1. The summed E-state index contributed by atoms with van der Waals surface area (Å²) in [4.78, 5) is 16.7. The number of nitrogens with zero attached hydrogens (tertiary/aromatic N) is 1. The number of nitrogens with one attached hydrogen (secondary N) is 1. The lowest BCUT2D eigenvalue weighted by atomic mass is 10.2. The summed E-state index contributed by atoms with van der Waals surface area (Å²) in [5.74, 6) is 0.546. The molecule has 0 aliphatic heterocycles. The molecule has 0 fully saturated rings. The van der Waals surface area contributed by atoms with E-state index in [9.17, 15) is 4.79 Å². The number of aromatic nitrogens is 1. The van der Waals surface area contributed by atoms with Crippen LogP contribution in [0.15, 0.2) is 52.3 Å². The molecule has 2 aromatic carbocycles. The number of halogens is 1. The Kier molecular flexibility index (Phi) is 5.50. The molecule has 0 aliphatic carbocycles. The van der Waals surface area contributed by atoms with Crippen LogP contribution >= 0.6 is 27.3 Å². The average molecular weight is 417 g/mol. The smallest absolute Gasteiger partial charge is 0.255 e. The van der Waals surface area contributed by atoms with Crippen LogP contribution in [0.1, 0.15) is 26.6 Å². The van der Waals surface area contributed by atoms with Crippen LogP contribution < -0.4 is 10.1 Å². The predicted octanol–water partition coefficient (Wildman–Crippen LogP) is 5.35. The maximum absolute atomic E-state index is 12.4. The third-order valence-corrected chi connectivity index (χ3v) is 5.02. The molecule has 0 aliphatic rings. The van der Waals surface area contributed by atoms with E-state index in [-0.39, 0.29) is 5.91 Å². The van der Waals surface area contributed by atoms with Crippen molar-refractivity contribution in [1.29, 1.82) is 0 Å². The van der Waals surface area contributed by atoms with E-state index in [2.05, 4.69) is 26.2 Å². The van der Waals surface area contributed by atoms with Gasteiger partial charge in [-0.05, 0) is 71.7 Å². The number of rotatable bonds is 5. The number of thiazole rings is 1. The normalized spacial score (nSPS) is 10.5. The van der Waals surface area contributed by atoms with Gasteiger partial charge < -0.3 is 10.1 Å². The largest absolute Gasteiger partial charge is 0.487 e. The second kappa shape index (κ2) is 7.80. The number of carbonyl (C=O) groups is 1. The molecule has 0 saturated carbocycles. The first-order chi connectivity index (χ1) is 12.0. The number of benzene rings is 2. The van der Waals surface area contributed by atoms with Gasteiger partial charge in [-0.1, -0.05) is 6.07 Å². The Labute approximate surface area is 159 Å². The van der Waals surface area contributed by atoms with Crippen LogP contribution in [0, 0.1) is 13.8 Å². The number of ether oxygens (including phenoxy) is 1. The number of hydrogen-bond acceptors (Lipinski definition) is 4. The molecular formula is C19H17BrN2O2S. The van der Waals surface area contributed by atoms with Crippen LogP contribution in [0.3, 0.4) is 0 Å². The monoisotopic (exact) mass is 416 g/mol. The number of anilines is 1. The molecule has 0 saturated heterocycles. The molecule has 0 atom stereocenters. The molecule has 1 amide bonds. The van der Waals surface area contributed by atoms with E-state index in [0.29, 0.717) is 17.9 Å². The quantitative estimate of drug-likeness (QED) is 0.609. The second-order valence-electron chi connectivity index (χ2n) is 5.61. The zero-order chi connectivity index (χ0) is 17.8. The highest BCUT2D eigenvalue weighted by Crippen LogP contribution is 2.24. The van der Waals surface area contributed by atoms with Crippen LogP contribution in [0.4, 0.5) is 5.69 Å². The van der Waals surface area contributed by atoms with Gasteiger partial charge in [0.05, 0.1) is 16.4 Å². The first kappa shape index (κ1) is 17.6. The Morgan fingerprint density at radius 3 is 2.60 bits per heavy atom. The Morgan fingerprint density at radius 2 is 1.96 bits per heavy atom. The van der Waals surface area contributed by atoms with Crippen molar-refractivity contribution < 1.29 is 9.53 Å². The van der Waals surface area contributed by atoms with Gasteiger partial charge >= 0.3 is 0 Å². The topological polar surface area (TPSA) is 51.2 Å². The number of amides is 1. The lowest BCUT2D eigenvalue weighted by molar-refractivity contribution is 0.102. The van der Waals surface area contributed by atoms with Gasteiger partial charge in [0, 0.05) is 15.4 Å². The van der Waals surface area contributed by atoms with E-state index in [1.165, 1.54) is 0 Å². The molecule has 0 spiro atoms. The molecule has 3 rings (SSSR count). The molecule has 128 valence electrons. The van der Waals surface area contributed by atoms with E-state index in [4.69, 9.17) is 4.74 Å². The first-order valence-corrected chi connectivity index (χ1v) is 9.40. The molecule has 0 radical (unpaired) electrons. The molecule has 1 N–H and O–H groups in total. The van der Waals surface area contributed by atoms with Gasteiger partial charge in [0.25, 0.3) is 5.91 Å². The fourth-order valence-corrected chi connectivity index (χ4v) is 3.44. The molecule has 3 aromatic rings. The zero-order valence-corrected chi connectivity index (χ0v) is 16.3. The minimum absolute atomic E-state index is 0.161. The van der Waals surface area contributed by atoms with Crippen molar-refractivity contribution in [3.8, 4) is 5.75 Å². The zero-order valence-electron chi connectivity index (χ0n) is 13.9. The minimum Gasteiger partial charge on any atom is -0.487 e. The summed E-state index contributed by atoms with van der Waals surface area (Å²) >= 11 is 5.07. The Bertz CT molecular complexity index is 891. The van der Waals surface area contributed by atoms with Crippen molar-refractivity contribution >= 4 is 38.9 Å². The van der Waals surface area contributed by atoms with Gasteiger partial charge in [-0.2, -0.15) is 0 Å². The van der Waals surface area contributed by atoms with Crippen LogP contribution in [0.5, 0.6) is 5.75 Å². The van der Waals surface area contributed by atoms with E-state index >= 15 is 0 Å². The van der Waals surface area contributed by atoms with Crippen LogP contribution in [-0.2, 0) is 6.61 Å². The standard InChI is InChI=1S/C19H17BrN2O2S/c1-12-3-8-18(17(20)9-12)22-19(23)14-4-6-16(7-5-14)24-10-15-11-25-13(2)21-15/h3-9,11H,10H2,1-2H3,(H,22,23). The van der Waals surface area contributed by atoms with Crippen molar-refractivity contribution in [3.63, 3.8) is 0 Å². The van der Waals surface area contributed by atoms with Crippen molar-refractivity contribution in [2.24, 2.45) is 0 Å². The summed E-state index contributed by atoms with van der Waals surface area (Å²) in [6.07, 6.45) is 0. The maximum atomic E-state index is 12.4. The van der Waals surface area contributed by atoms with Crippen LogP contribution in [-0.4, -0.2) is 10.9 Å². The Balaban J connectivity index is 1.62. The molecule has 0 unspecified atom stereocenters. The molecule has 1 aromatic heterocycles. The molecule has 6 heteroatoms. The van der Waals surface area contributed by atoms with Gasteiger partial charge in [0.15, 0.2) is 0 Å². The fraction of sp³-hybridized carbons (Fsp3) is 0.158. The van der Waals surface area contributed by atoms with Crippen molar-refractivity contribution in [1.82, 2.24) is 4.98 Å². The molecule has 0 bridgehead atoms. The SMILES string of the molecule is Cc1ccc(NC(=O)c2ccc(OCc3csc(C)n3)cc2)c(Br)c1. The minimum atomic E-state index is -0.161. The van der Waals surface area contributed by atoms with Gasteiger partial charge in [0.1, 0.15) is 12.4 Å². The molecule has 1 heterocycles. The van der Waals surface area contributed by atoms with Gasteiger partial charge in [-0.15, -0.1) is 11.3 Å². The summed E-state index contributed by atoms with van der Waals surface area (Å²) in [7, 11) is 0. The molecular weight excluding hydrogens is 400 g/mol. The summed E-state index contributed by atoms with van der Waals surface area (Å²) in [6.45, 7) is 4.39. The van der Waals surface area contributed by atoms with Crippen molar-refractivity contribution in [2.45, 2.75) is 20.5 Å². The highest BCUT2D eigenvalue weighted by atomic mass is 79.9. The van der Waals surface area contributed by atoms with E-state index in [1.807, 2.05) is 37.4 Å². The summed E-state index contributed by atoms with van der Waals surface area (Å²) < 4.78 is 6.56. The number of carbonyl (C=O) groups excluding carboxylic acids is 1. The fourth-order valence-electron chi connectivity index (χ4n) is 2.25. The lowest BCUT2D eigenvalue weighted by Crippen LogP contribution is -2.12. The van der Waals surface area contributed by atoms with Gasteiger partial charge in [0.2, 0.25) is 0 Å². The summed E-state index contributed by atoms with van der Waals surface area (Å²) in [5, 5.41) is 5.90. The van der Waals surface area contributed by atoms with Crippen molar-refractivity contribution in [3.05, 3.63) is 74.1 Å². The van der Waals surface area contributed by atoms with Crippen LogP contribution in [0.25, 0.3) is 0 Å². The predicted molar refractivity (Wildman–Crippen MR) is 104 cm³/mol. The number of aryl methyl sites for hydroxylation is 2. The highest BCUT2D eigenvalue weighted by molar-refractivity contribution is 9.10. The third-order valence-electron chi connectivity index (χ3n) is 3.54. The highest BCUT2D eigenvalue weighted by Gasteiger charge is 2.09. The average Bonchev–Trinajstić information content (AvgIpc) is 3.01. The lowest BCUT2D eigenvalue weighted by Gasteiger charge is -2.09. The Morgan fingerprint density at radius 1 is 1.20 bits per heavy atom. The summed E-state index contributed by atoms with van der Waals surface area (Å²) in [6, 6.07) is 12.9. The third kappa shape index (κ3) is 4.67. The molecule has 4 nitrogen and oxygen atoms in total. The van der Waals surface area contributed by atoms with Gasteiger partial charge in [-0.3, -0.25) is 4.79 Å².